The Balaban J connectivity index is 0. The SMILES string of the molecule is C.CC(C)CC(O)CN. The predicted octanol–water partition coefficient (Wildman–Crippen LogP) is 0.988. The van der Waals surface area contributed by atoms with Crippen LogP contribution in [0.4, 0.5) is 0 Å². The summed E-state index contributed by atoms with van der Waals surface area (Å²) in [5.41, 5.74) is 5.17. The molecular formula is C7H19NO. The van der Waals surface area contributed by atoms with Crippen molar-refractivity contribution in [1.82, 2.24) is 0 Å². The van der Waals surface area contributed by atoms with Crippen molar-refractivity contribution in [1.29, 1.82) is 0 Å². The maximum Gasteiger partial charge on any atom is 0.0664 e. The molecule has 2 heteroatoms. The molecular weight excluding hydrogens is 114 g/mol. The first-order valence-corrected chi connectivity index (χ1v) is 3.05. The Morgan fingerprint density at radius 2 is 1.89 bits per heavy atom. The summed E-state index contributed by atoms with van der Waals surface area (Å²) in [5, 5.41) is 8.90. The second-order valence-electron chi connectivity index (χ2n) is 2.52. The van der Waals surface area contributed by atoms with Crippen LogP contribution in [0.3, 0.4) is 0 Å². The first kappa shape index (κ1) is 11.7. The van der Waals surface area contributed by atoms with Crippen LogP contribution in [-0.4, -0.2) is 17.8 Å². The van der Waals surface area contributed by atoms with Crippen molar-refractivity contribution in [2.45, 2.75) is 33.8 Å². The lowest BCUT2D eigenvalue weighted by Crippen LogP contribution is -2.21. The lowest BCUT2D eigenvalue weighted by Gasteiger charge is -2.08. The summed E-state index contributed by atoms with van der Waals surface area (Å²) < 4.78 is 0. The molecule has 0 bridgehead atoms. The second-order valence-corrected chi connectivity index (χ2v) is 2.52. The van der Waals surface area contributed by atoms with Crippen LogP contribution in [0.25, 0.3) is 0 Å². The van der Waals surface area contributed by atoms with Crippen LogP contribution in [0.5, 0.6) is 0 Å². The minimum atomic E-state index is -0.296. The average Bonchev–Trinajstić information content (AvgIpc) is 1.65. The van der Waals surface area contributed by atoms with Crippen LogP contribution >= 0.6 is 0 Å². The minimum Gasteiger partial charge on any atom is -0.392 e. The molecule has 0 aromatic carbocycles. The van der Waals surface area contributed by atoms with Gasteiger partial charge in [-0.25, -0.2) is 0 Å². The molecule has 0 radical (unpaired) electrons. The molecule has 0 aliphatic rings. The van der Waals surface area contributed by atoms with E-state index in [0.29, 0.717) is 12.5 Å². The minimum absolute atomic E-state index is 0. The van der Waals surface area contributed by atoms with Crippen LogP contribution in [0.2, 0.25) is 0 Å². The highest BCUT2D eigenvalue weighted by atomic mass is 16.3. The van der Waals surface area contributed by atoms with Gasteiger partial charge in [-0.2, -0.15) is 0 Å². The third-order valence-corrected chi connectivity index (χ3v) is 1.02. The van der Waals surface area contributed by atoms with Gasteiger partial charge in [0.05, 0.1) is 6.10 Å². The van der Waals surface area contributed by atoms with E-state index >= 15 is 0 Å². The zero-order valence-corrected chi connectivity index (χ0v) is 5.59. The molecule has 0 heterocycles. The molecule has 0 saturated heterocycles. The van der Waals surface area contributed by atoms with E-state index in [4.69, 9.17) is 10.8 Å². The quantitative estimate of drug-likeness (QED) is 0.603. The number of aliphatic hydroxyl groups excluding tert-OH is 1. The first-order valence-electron chi connectivity index (χ1n) is 3.05. The number of hydrogen-bond donors (Lipinski definition) is 2. The molecule has 0 saturated carbocycles. The fourth-order valence-electron chi connectivity index (χ4n) is 0.640. The van der Waals surface area contributed by atoms with Gasteiger partial charge in [-0.3, -0.25) is 0 Å². The van der Waals surface area contributed by atoms with Gasteiger partial charge in [-0.15, -0.1) is 0 Å². The van der Waals surface area contributed by atoms with E-state index < -0.39 is 0 Å². The Kier molecular flexibility index (Phi) is 7.85. The number of rotatable bonds is 3. The monoisotopic (exact) mass is 133 g/mol. The van der Waals surface area contributed by atoms with E-state index in [-0.39, 0.29) is 13.5 Å². The van der Waals surface area contributed by atoms with Crippen LogP contribution < -0.4 is 5.73 Å². The molecule has 0 aromatic rings. The zero-order chi connectivity index (χ0) is 6.57. The molecule has 9 heavy (non-hydrogen) atoms. The molecule has 0 aliphatic heterocycles. The van der Waals surface area contributed by atoms with Gasteiger partial charge in [-0.05, 0) is 12.3 Å². The lowest BCUT2D eigenvalue weighted by atomic mass is 10.1. The third-order valence-electron chi connectivity index (χ3n) is 1.02. The van der Waals surface area contributed by atoms with E-state index in [1.807, 2.05) is 0 Å². The van der Waals surface area contributed by atoms with Gasteiger partial charge in [0.25, 0.3) is 0 Å². The standard InChI is InChI=1S/C6H15NO.CH4/c1-5(2)3-6(8)4-7;/h5-6,8H,3-4,7H2,1-2H3;1H4. The molecule has 0 amide bonds. The normalized spacial score (nSPS) is 13.0. The van der Waals surface area contributed by atoms with Crippen molar-refractivity contribution in [2.24, 2.45) is 11.7 Å². The van der Waals surface area contributed by atoms with Crippen LogP contribution in [-0.2, 0) is 0 Å². The first-order chi connectivity index (χ1) is 3.66. The predicted molar refractivity (Wildman–Crippen MR) is 41.2 cm³/mol. The molecule has 0 spiro atoms. The molecule has 3 N–H and O–H groups in total. The number of aliphatic hydroxyl groups is 1. The molecule has 0 aromatic heterocycles. The van der Waals surface area contributed by atoms with Gasteiger partial charge in [-0.1, -0.05) is 21.3 Å². The zero-order valence-electron chi connectivity index (χ0n) is 5.59. The molecule has 0 rings (SSSR count). The van der Waals surface area contributed by atoms with Crippen LogP contribution in [0.1, 0.15) is 27.7 Å². The highest BCUT2D eigenvalue weighted by Crippen LogP contribution is 2.01. The molecule has 58 valence electrons. The Labute approximate surface area is 58.1 Å². The van der Waals surface area contributed by atoms with Crippen molar-refractivity contribution in [3.63, 3.8) is 0 Å². The number of hydrogen-bond acceptors (Lipinski definition) is 2. The largest absolute Gasteiger partial charge is 0.392 e. The fraction of sp³-hybridized carbons (Fsp3) is 1.00. The van der Waals surface area contributed by atoms with E-state index in [2.05, 4.69) is 13.8 Å². The summed E-state index contributed by atoms with van der Waals surface area (Å²) in [4.78, 5) is 0. The van der Waals surface area contributed by atoms with E-state index in [9.17, 15) is 0 Å². The Bertz CT molecular complexity index is 54.9. The Morgan fingerprint density at radius 1 is 1.44 bits per heavy atom. The van der Waals surface area contributed by atoms with Crippen molar-refractivity contribution in [3.05, 3.63) is 0 Å². The fourth-order valence-corrected chi connectivity index (χ4v) is 0.640. The van der Waals surface area contributed by atoms with Crippen LogP contribution in [0.15, 0.2) is 0 Å². The van der Waals surface area contributed by atoms with E-state index in [1.165, 1.54) is 0 Å². The van der Waals surface area contributed by atoms with Gasteiger partial charge < -0.3 is 10.8 Å². The van der Waals surface area contributed by atoms with Gasteiger partial charge in [0.15, 0.2) is 0 Å². The van der Waals surface area contributed by atoms with Crippen LogP contribution in [0, 0.1) is 5.92 Å². The molecule has 2 nitrogen and oxygen atoms in total. The van der Waals surface area contributed by atoms with Gasteiger partial charge in [0.1, 0.15) is 0 Å². The van der Waals surface area contributed by atoms with Crippen molar-refractivity contribution < 1.29 is 5.11 Å². The van der Waals surface area contributed by atoms with Gasteiger partial charge in [0.2, 0.25) is 0 Å². The molecule has 1 atom stereocenters. The Hall–Kier alpha value is -0.0800. The van der Waals surface area contributed by atoms with Gasteiger partial charge in [0, 0.05) is 6.54 Å². The summed E-state index contributed by atoms with van der Waals surface area (Å²) in [6.45, 7) is 4.52. The molecule has 1 unspecified atom stereocenters. The second kappa shape index (κ2) is 6.05. The maximum atomic E-state index is 8.90. The molecule has 0 aliphatic carbocycles. The lowest BCUT2D eigenvalue weighted by molar-refractivity contribution is 0.157. The van der Waals surface area contributed by atoms with E-state index in [1.54, 1.807) is 0 Å². The topological polar surface area (TPSA) is 46.2 Å². The van der Waals surface area contributed by atoms with Crippen molar-refractivity contribution >= 4 is 0 Å². The highest BCUT2D eigenvalue weighted by Gasteiger charge is 2.02. The third kappa shape index (κ3) is 7.92. The smallest absolute Gasteiger partial charge is 0.0664 e. The summed E-state index contributed by atoms with van der Waals surface area (Å²) >= 11 is 0. The summed E-state index contributed by atoms with van der Waals surface area (Å²) in [6, 6.07) is 0. The Morgan fingerprint density at radius 3 is 2.00 bits per heavy atom. The number of nitrogens with two attached hydrogens (primary N) is 1. The van der Waals surface area contributed by atoms with Crippen molar-refractivity contribution in [2.75, 3.05) is 6.54 Å². The average molecular weight is 133 g/mol. The van der Waals surface area contributed by atoms with Gasteiger partial charge >= 0.3 is 0 Å². The summed E-state index contributed by atoms with van der Waals surface area (Å²) in [5.74, 6) is 0.550. The van der Waals surface area contributed by atoms with E-state index in [0.717, 1.165) is 6.42 Å². The highest BCUT2D eigenvalue weighted by molar-refractivity contribution is 4.57. The maximum absolute atomic E-state index is 8.90. The summed E-state index contributed by atoms with van der Waals surface area (Å²) in [6.07, 6.45) is 0.520. The molecule has 0 fully saturated rings. The van der Waals surface area contributed by atoms with Crippen molar-refractivity contribution in [3.8, 4) is 0 Å². The summed E-state index contributed by atoms with van der Waals surface area (Å²) in [7, 11) is 0.